The molecule has 222 valence electrons. The van der Waals surface area contributed by atoms with Gasteiger partial charge in [0.2, 0.25) is 30.4 Å². The monoisotopic (exact) mass is 584 g/mol. The van der Waals surface area contributed by atoms with Crippen molar-refractivity contribution in [2.24, 2.45) is 17.8 Å². The maximum atomic E-state index is 13.4. The Morgan fingerprint density at radius 2 is 1.79 bits per heavy atom. The molecule has 2 aromatic carbocycles. The third-order valence-electron chi connectivity index (χ3n) is 7.58. The summed E-state index contributed by atoms with van der Waals surface area (Å²) in [5.41, 5.74) is 2.08. The Hall–Kier alpha value is -5.06. The number of ether oxygens (including phenoxy) is 2. The summed E-state index contributed by atoms with van der Waals surface area (Å²) in [7, 11) is 0. The summed E-state index contributed by atoms with van der Waals surface area (Å²) in [6, 6.07) is 12.8. The van der Waals surface area contributed by atoms with Crippen molar-refractivity contribution in [3.8, 4) is 11.5 Å². The van der Waals surface area contributed by atoms with Gasteiger partial charge in [-0.1, -0.05) is 45.0 Å². The molecule has 11 nitrogen and oxygen atoms in total. The van der Waals surface area contributed by atoms with Gasteiger partial charge in [-0.05, 0) is 47.4 Å². The standard InChI is InChI=1S/C32H32N4O7/c1-17(2)29(30(39)28-18(3)31(40)36-32(28)41)35-27(38)14-23(21-13-20-6-4-5-7-22(20)33-15-21)34-26(37)11-9-19-8-10-24-25(12-19)43-16-42-24/h4-13,15,17-18,23,28-29H,14,16H2,1-3H3,(H,34,37)(H,35,38)(H,36,40,41)/b11-9+/t18-,23?,28+,29-/m0/s1. The van der Waals surface area contributed by atoms with Crippen LogP contribution in [-0.4, -0.2) is 47.2 Å². The molecule has 3 N–H and O–H groups in total. The van der Waals surface area contributed by atoms with Crippen molar-refractivity contribution in [1.82, 2.24) is 20.9 Å². The second-order valence-corrected chi connectivity index (χ2v) is 11.0. The van der Waals surface area contributed by atoms with Gasteiger partial charge in [0, 0.05) is 17.7 Å². The number of nitrogens with one attached hydrogen (secondary N) is 3. The number of imide groups is 1. The van der Waals surface area contributed by atoms with E-state index in [-0.39, 0.29) is 19.1 Å². The molecule has 3 aromatic rings. The number of aromatic nitrogens is 1. The zero-order valence-corrected chi connectivity index (χ0v) is 24.0. The van der Waals surface area contributed by atoms with Gasteiger partial charge >= 0.3 is 0 Å². The number of rotatable bonds is 10. The van der Waals surface area contributed by atoms with Crippen LogP contribution in [-0.2, 0) is 24.0 Å². The van der Waals surface area contributed by atoms with Crippen molar-refractivity contribution in [2.75, 3.05) is 6.79 Å². The number of ketones is 1. The number of Topliss-reactive ketones (excluding diaryl/α,β-unsaturated/α-hetero) is 1. The van der Waals surface area contributed by atoms with E-state index in [9.17, 15) is 24.0 Å². The molecule has 3 heterocycles. The van der Waals surface area contributed by atoms with E-state index < -0.39 is 53.3 Å². The van der Waals surface area contributed by atoms with Crippen molar-refractivity contribution >= 4 is 46.4 Å². The molecular formula is C32H32N4O7. The van der Waals surface area contributed by atoms with E-state index in [1.807, 2.05) is 30.3 Å². The first-order chi connectivity index (χ1) is 20.6. The molecule has 0 radical (unpaired) electrons. The summed E-state index contributed by atoms with van der Waals surface area (Å²) in [6.45, 7) is 5.14. The van der Waals surface area contributed by atoms with Crippen molar-refractivity contribution in [3.05, 3.63) is 71.9 Å². The van der Waals surface area contributed by atoms with E-state index in [1.54, 1.807) is 44.3 Å². The minimum Gasteiger partial charge on any atom is -0.454 e. The van der Waals surface area contributed by atoms with Crippen LogP contribution >= 0.6 is 0 Å². The highest BCUT2D eigenvalue weighted by molar-refractivity contribution is 6.16. The number of pyridine rings is 1. The fraction of sp³-hybridized carbons (Fsp3) is 0.312. The molecule has 2 aliphatic heterocycles. The predicted octanol–water partition coefficient (Wildman–Crippen LogP) is 2.84. The molecule has 0 aliphatic carbocycles. The van der Waals surface area contributed by atoms with Gasteiger partial charge < -0.3 is 20.1 Å². The summed E-state index contributed by atoms with van der Waals surface area (Å²) in [4.78, 5) is 68.5. The Morgan fingerprint density at radius 1 is 1.02 bits per heavy atom. The van der Waals surface area contributed by atoms with Gasteiger partial charge in [0.05, 0.1) is 29.9 Å². The topological polar surface area (TPSA) is 153 Å². The number of carbonyl (C=O) groups excluding carboxylic acids is 5. The summed E-state index contributed by atoms with van der Waals surface area (Å²) < 4.78 is 10.7. The van der Waals surface area contributed by atoms with E-state index in [0.717, 1.165) is 16.5 Å². The lowest BCUT2D eigenvalue weighted by atomic mass is 9.85. The lowest BCUT2D eigenvalue weighted by molar-refractivity contribution is -0.137. The summed E-state index contributed by atoms with van der Waals surface area (Å²) in [5, 5.41) is 8.64. The average Bonchev–Trinajstić information content (AvgIpc) is 3.56. The third-order valence-corrected chi connectivity index (χ3v) is 7.58. The van der Waals surface area contributed by atoms with Crippen LogP contribution in [0.4, 0.5) is 0 Å². The summed E-state index contributed by atoms with van der Waals surface area (Å²) in [6.07, 6.45) is 4.37. The third kappa shape index (κ3) is 6.56. The number of para-hydroxylation sites is 1. The lowest BCUT2D eigenvalue weighted by Crippen LogP contribution is -2.49. The molecule has 1 unspecified atom stereocenters. The van der Waals surface area contributed by atoms with E-state index in [0.29, 0.717) is 17.1 Å². The van der Waals surface area contributed by atoms with Crippen LogP contribution in [0.5, 0.6) is 11.5 Å². The van der Waals surface area contributed by atoms with Crippen molar-refractivity contribution in [3.63, 3.8) is 0 Å². The Balaban J connectivity index is 1.34. The van der Waals surface area contributed by atoms with Crippen LogP contribution in [0.3, 0.4) is 0 Å². The van der Waals surface area contributed by atoms with Gasteiger partial charge in [-0.25, -0.2) is 0 Å². The molecule has 1 saturated heterocycles. The molecule has 1 fully saturated rings. The zero-order chi connectivity index (χ0) is 30.7. The van der Waals surface area contributed by atoms with Crippen molar-refractivity contribution in [2.45, 2.75) is 39.3 Å². The molecule has 43 heavy (non-hydrogen) atoms. The number of carbonyl (C=O) groups is 5. The SMILES string of the molecule is CC(C)[C@H](NC(=O)CC(NC(=O)/C=C/c1ccc2c(c1)OCO2)c1cnc2ccccc2c1)C(=O)[C@@H]1C(=O)NC(=O)[C@H]1C. The molecule has 5 rings (SSSR count). The number of hydrogen-bond donors (Lipinski definition) is 3. The number of amides is 4. The molecule has 0 bridgehead atoms. The van der Waals surface area contributed by atoms with Gasteiger partial charge in [-0.3, -0.25) is 34.3 Å². The van der Waals surface area contributed by atoms with Gasteiger partial charge in [-0.2, -0.15) is 0 Å². The maximum absolute atomic E-state index is 13.4. The fourth-order valence-corrected chi connectivity index (χ4v) is 5.18. The highest BCUT2D eigenvalue weighted by Crippen LogP contribution is 2.33. The van der Waals surface area contributed by atoms with Gasteiger partial charge in [0.1, 0.15) is 5.92 Å². The quantitative estimate of drug-likeness (QED) is 0.187. The second-order valence-electron chi connectivity index (χ2n) is 11.0. The van der Waals surface area contributed by atoms with Gasteiger partial charge in [0.25, 0.3) is 0 Å². The first kappa shape index (κ1) is 29.4. The molecule has 4 atom stereocenters. The van der Waals surface area contributed by atoms with Crippen LogP contribution in [0.15, 0.2) is 60.8 Å². The highest BCUT2D eigenvalue weighted by atomic mass is 16.7. The van der Waals surface area contributed by atoms with Crippen LogP contribution < -0.4 is 25.4 Å². The smallest absolute Gasteiger partial charge is 0.244 e. The molecule has 2 aliphatic rings. The lowest BCUT2D eigenvalue weighted by Gasteiger charge is -2.26. The first-order valence-electron chi connectivity index (χ1n) is 14.0. The minimum atomic E-state index is -1.18. The molecule has 11 heteroatoms. The molecule has 0 spiro atoms. The maximum Gasteiger partial charge on any atom is 0.244 e. The second kappa shape index (κ2) is 12.4. The zero-order valence-electron chi connectivity index (χ0n) is 24.0. The largest absolute Gasteiger partial charge is 0.454 e. The Labute approximate surface area is 248 Å². The van der Waals surface area contributed by atoms with Crippen LogP contribution in [0.2, 0.25) is 0 Å². The first-order valence-corrected chi connectivity index (χ1v) is 14.0. The Kier molecular flexibility index (Phi) is 8.51. The average molecular weight is 585 g/mol. The van der Waals surface area contributed by atoms with E-state index in [1.165, 1.54) is 13.0 Å². The summed E-state index contributed by atoms with van der Waals surface area (Å²) >= 11 is 0. The van der Waals surface area contributed by atoms with Crippen molar-refractivity contribution in [1.29, 1.82) is 0 Å². The number of hydrogen-bond acceptors (Lipinski definition) is 8. The van der Waals surface area contributed by atoms with E-state index in [4.69, 9.17) is 9.47 Å². The Morgan fingerprint density at radius 3 is 2.53 bits per heavy atom. The predicted molar refractivity (Wildman–Crippen MR) is 156 cm³/mol. The van der Waals surface area contributed by atoms with Gasteiger partial charge in [0.15, 0.2) is 17.3 Å². The molecular weight excluding hydrogens is 552 g/mol. The van der Waals surface area contributed by atoms with E-state index >= 15 is 0 Å². The van der Waals surface area contributed by atoms with Crippen LogP contribution in [0.1, 0.15) is 44.4 Å². The minimum absolute atomic E-state index is 0.140. The Bertz CT molecular complexity index is 1630. The molecule has 0 saturated carbocycles. The summed E-state index contributed by atoms with van der Waals surface area (Å²) in [5.74, 6) is -3.82. The van der Waals surface area contributed by atoms with Crippen LogP contribution in [0, 0.1) is 17.8 Å². The molecule has 4 amide bonds. The number of nitrogens with zero attached hydrogens (tertiary/aromatic N) is 1. The van der Waals surface area contributed by atoms with Crippen LogP contribution in [0.25, 0.3) is 17.0 Å². The van der Waals surface area contributed by atoms with Gasteiger partial charge in [-0.15, -0.1) is 0 Å². The van der Waals surface area contributed by atoms with Crippen molar-refractivity contribution < 1.29 is 33.4 Å². The highest BCUT2D eigenvalue weighted by Gasteiger charge is 2.46. The number of benzene rings is 2. The normalized spacial score (nSPS) is 19.0. The van der Waals surface area contributed by atoms with E-state index in [2.05, 4.69) is 20.9 Å². The number of fused-ring (bicyclic) bond motifs is 2. The molecule has 1 aromatic heterocycles. The fourth-order valence-electron chi connectivity index (χ4n) is 5.18.